The van der Waals surface area contributed by atoms with Gasteiger partial charge in [0, 0.05) is 18.5 Å². The molecule has 0 saturated heterocycles. The number of sulfonamides is 1. The lowest BCUT2D eigenvalue weighted by atomic mass is 10.2. The van der Waals surface area contributed by atoms with Crippen LogP contribution in [0, 0.1) is 11.6 Å². The summed E-state index contributed by atoms with van der Waals surface area (Å²) in [5.41, 5.74) is 0.684. The average Bonchev–Trinajstić information content (AvgIpc) is 3.07. The van der Waals surface area contributed by atoms with E-state index in [1.54, 1.807) is 12.1 Å². The quantitative estimate of drug-likeness (QED) is 0.763. The molecular weight excluding hydrogens is 340 g/mol. The molecule has 1 aromatic carbocycles. The highest BCUT2D eigenvalue weighted by Gasteiger charge is 2.18. The van der Waals surface area contributed by atoms with Crippen LogP contribution in [0.3, 0.4) is 0 Å². The first-order valence-corrected chi connectivity index (χ1v) is 8.23. The fourth-order valence-corrected chi connectivity index (χ4v) is 3.07. The van der Waals surface area contributed by atoms with Gasteiger partial charge in [-0.05, 0) is 24.3 Å². The van der Waals surface area contributed by atoms with E-state index in [0.717, 1.165) is 12.1 Å². The molecule has 3 aromatic rings. The van der Waals surface area contributed by atoms with Gasteiger partial charge in [-0.2, -0.15) is 0 Å². The summed E-state index contributed by atoms with van der Waals surface area (Å²) in [5.74, 6) is -1.54. The van der Waals surface area contributed by atoms with Crippen molar-refractivity contribution in [2.45, 2.75) is 11.4 Å². The smallest absolute Gasteiger partial charge is 0.241 e. The first-order valence-electron chi connectivity index (χ1n) is 6.75. The van der Waals surface area contributed by atoms with Crippen molar-refractivity contribution in [3.8, 4) is 11.5 Å². The van der Waals surface area contributed by atoms with E-state index >= 15 is 0 Å². The molecule has 0 atom stereocenters. The fraction of sp³-hybridized carbons (Fsp3) is 0.0667. The van der Waals surface area contributed by atoms with Gasteiger partial charge in [-0.25, -0.2) is 26.9 Å². The van der Waals surface area contributed by atoms with Crippen LogP contribution in [0.5, 0.6) is 0 Å². The number of benzene rings is 1. The lowest BCUT2D eigenvalue weighted by Crippen LogP contribution is -2.24. The summed E-state index contributed by atoms with van der Waals surface area (Å²) in [6.07, 6.45) is 4.29. The summed E-state index contributed by atoms with van der Waals surface area (Å²) in [6, 6.07) is 5.37. The van der Waals surface area contributed by atoms with Crippen molar-refractivity contribution < 1.29 is 21.6 Å². The molecule has 0 aliphatic rings. The maximum Gasteiger partial charge on any atom is 0.241 e. The number of furan rings is 1. The van der Waals surface area contributed by atoms with Crippen molar-refractivity contribution in [2.24, 2.45) is 0 Å². The monoisotopic (exact) mass is 351 g/mol. The van der Waals surface area contributed by atoms with E-state index in [9.17, 15) is 17.2 Å². The molecular formula is C15H11F2N3O3S. The van der Waals surface area contributed by atoms with Gasteiger partial charge in [-0.3, -0.25) is 4.98 Å². The predicted molar refractivity (Wildman–Crippen MR) is 80.1 cm³/mol. The fourth-order valence-electron chi connectivity index (χ4n) is 2.05. The molecule has 24 heavy (non-hydrogen) atoms. The highest BCUT2D eigenvalue weighted by Crippen LogP contribution is 2.20. The Bertz CT molecular complexity index is 940. The van der Waals surface area contributed by atoms with E-state index in [1.165, 1.54) is 18.7 Å². The Labute approximate surface area is 136 Å². The van der Waals surface area contributed by atoms with E-state index in [0.29, 0.717) is 23.2 Å². The summed E-state index contributed by atoms with van der Waals surface area (Å²) in [4.78, 5) is 7.67. The molecule has 6 nitrogen and oxygen atoms in total. The summed E-state index contributed by atoms with van der Waals surface area (Å²) >= 11 is 0. The zero-order valence-corrected chi connectivity index (χ0v) is 12.9. The molecule has 0 aliphatic heterocycles. The minimum Gasteiger partial charge on any atom is -0.463 e. The number of hydrogen-bond acceptors (Lipinski definition) is 5. The van der Waals surface area contributed by atoms with Crippen LogP contribution < -0.4 is 4.72 Å². The van der Waals surface area contributed by atoms with Gasteiger partial charge in [-0.1, -0.05) is 0 Å². The highest BCUT2D eigenvalue weighted by molar-refractivity contribution is 7.89. The predicted octanol–water partition coefficient (Wildman–Crippen LogP) is 2.49. The van der Waals surface area contributed by atoms with Crippen LogP contribution in [0.2, 0.25) is 0 Å². The standard InChI is InChI=1S/C15H11F2N3O3S/c16-10-6-11(17)8-12(7-10)24(21,22)20-9-13-15(19-4-3-18-13)14-2-1-5-23-14/h1-8,20H,9H2. The number of nitrogens with zero attached hydrogens (tertiary/aromatic N) is 2. The van der Waals surface area contributed by atoms with Gasteiger partial charge in [0.25, 0.3) is 0 Å². The largest absolute Gasteiger partial charge is 0.463 e. The molecule has 0 fully saturated rings. The highest BCUT2D eigenvalue weighted by atomic mass is 32.2. The van der Waals surface area contributed by atoms with Gasteiger partial charge in [0.05, 0.1) is 23.4 Å². The van der Waals surface area contributed by atoms with Crippen molar-refractivity contribution in [2.75, 3.05) is 0 Å². The Morgan fingerprint density at radius 1 is 1.08 bits per heavy atom. The Kier molecular flexibility index (Phi) is 4.36. The van der Waals surface area contributed by atoms with Crippen molar-refractivity contribution in [3.63, 3.8) is 0 Å². The first kappa shape index (κ1) is 16.2. The molecule has 9 heteroatoms. The lowest BCUT2D eigenvalue weighted by molar-refractivity contribution is 0.560. The normalized spacial score (nSPS) is 11.6. The van der Waals surface area contributed by atoms with Crippen molar-refractivity contribution in [3.05, 3.63) is 66.3 Å². The van der Waals surface area contributed by atoms with Gasteiger partial charge in [0.15, 0.2) is 5.76 Å². The van der Waals surface area contributed by atoms with E-state index < -0.39 is 26.6 Å². The van der Waals surface area contributed by atoms with E-state index in [1.807, 2.05) is 0 Å². The maximum absolute atomic E-state index is 13.2. The van der Waals surface area contributed by atoms with Gasteiger partial charge in [-0.15, -0.1) is 0 Å². The number of aromatic nitrogens is 2. The second kappa shape index (κ2) is 6.46. The topological polar surface area (TPSA) is 85.1 Å². The Morgan fingerprint density at radius 3 is 2.46 bits per heavy atom. The van der Waals surface area contributed by atoms with Crippen molar-refractivity contribution >= 4 is 10.0 Å². The van der Waals surface area contributed by atoms with Crippen LogP contribution in [0.1, 0.15) is 5.69 Å². The molecule has 2 heterocycles. The number of rotatable bonds is 5. The second-order valence-corrected chi connectivity index (χ2v) is 6.53. The summed E-state index contributed by atoms with van der Waals surface area (Å²) in [7, 11) is -4.12. The minimum absolute atomic E-state index is 0.218. The van der Waals surface area contributed by atoms with E-state index in [2.05, 4.69) is 14.7 Å². The van der Waals surface area contributed by atoms with Gasteiger partial charge >= 0.3 is 0 Å². The molecule has 0 saturated carbocycles. The zero-order valence-electron chi connectivity index (χ0n) is 12.1. The van der Waals surface area contributed by atoms with E-state index in [-0.39, 0.29) is 6.54 Å². The molecule has 0 radical (unpaired) electrons. The third-order valence-corrected chi connectivity index (χ3v) is 4.49. The molecule has 124 valence electrons. The molecule has 0 aliphatic carbocycles. The molecule has 0 spiro atoms. The lowest BCUT2D eigenvalue weighted by Gasteiger charge is -2.08. The number of nitrogens with one attached hydrogen (secondary N) is 1. The Hall–Kier alpha value is -2.65. The molecule has 1 N–H and O–H groups in total. The Balaban J connectivity index is 1.86. The second-order valence-electron chi connectivity index (χ2n) is 4.76. The molecule has 3 rings (SSSR count). The van der Waals surface area contributed by atoms with Crippen LogP contribution in [0.15, 0.2) is 58.3 Å². The van der Waals surface area contributed by atoms with Crippen molar-refractivity contribution in [1.29, 1.82) is 0 Å². The van der Waals surface area contributed by atoms with Crippen molar-refractivity contribution in [1.82, 2.24) is 14.7 Å². The molecule has 0 unspecified atom stereocenters. The SMILES string of the molecule is O=S(=O)(NCc1nccnc1-c1ccco1)c1cc(F)cc(F)c1. The van der Waals surface area contributed by atoms with E-state index in [4.69, 9.17) is 4.42 Å². The molecule has 0 amide bonds. The maximum atomic E-state index is 13.2. The van der Waals surface area contributed by atoms with Crippen LogP contribution >= 0.6 is 0 Å². The van der Waals surface area contributed by atoms with Crippen LogP contribution in [0.25, 0.3) is 11.5 Å². The third kappa shape index (κ3) is 3.47. The van der Waals surface area contributed by atoms with Crippen LogP contribution in [-0.4, -0.2) is 18.4 Å². The zero-order chi connectivity index (χ0) is 17.2. The molecule has 0 bridgehead atoms. The van der Waals surface area contributed by atoms with Gasteiger partial charge in [0.1, 0.15) is 17.3 Å². The summed E-state index contributed by atoms with van der Waals surface area (Å²) in [6.45, 7) is -0.218. The first-order chi connectivity index (χ1) is 11.5. The minimum atomic E-state index is -4.12. The van der Waals surface area contributed by atoms with Crippen LogP contribution in [-0.2, 0) is 16.6 Å². The number of hydrogen-bond donors (Lipinski definition) is 1. The summed E-state index contributed by atoms with van der Waals surface area (Å²) in [5, 5.41) is 0. The van der Waals surface area contributed by atoms with Gasteiger partial charge in [0.2, 0.25) is 10.0 Å². The average molecular weight is 351 g/mol. The number of halogens is 2. The van der Waals surface area contributed by atoms with Crippen LogP contribution in [0.4, 0.5) is 8.78 Å². The Morgan fingerprint density at radius 2 is 1.79 bits per heavy atom. The molecule has 2 aromatic heterocycles. The third-order valence-electron chi connectivity index (χ3n) is 3.10. The summed E-state index contributed by atoms with van der Waals surface area (Å²) < 4.78 is 58.3. The van der Waals surface area contributed by atoms with Gasteiger partial charge < -0.3 is 4.42 Å².